The molecule has 0 atom stereocenters. The maximum atomic E-state index is 11.7. The lowest BCUT2D eigenvalue weighted by Gasteiger charge is -2.33. The van der Waals surface area contributed by atoms with E-state index in [0.29, 0.717) is 18.4 Å². The Labute approximate surface area is 94.0 Å². The second kappa shape index (κ2) is 6.26. The molecule has 2 nitrogen and oxygen atoms in total. The summed E-state index contributed by atoms with van der Waals surface area (Å²) in [7, 11) is 0. The van der Waals surface area contributed by atoms with Gasteiger partial charge in [-0.3, -0.25) is 9.69 Å². The minimum absolute atomic E-state index is 0.183. The predicted octanol–water partition coefficient (Wildman–Crippen LogP) is 2.87. The molecule has 0 aliphatic heterocycles. The fourth-order valence-electron chi connectivity index (χ4n) is 2.33. The summed E-state index contributed by atoms with van der Waals surface area (Å²) in [6.45, 7) is 7.85. The normalized spacial score (nSPS) is 18.7. The molecule has 0 unspecified atom stereocenters. The van der Waals surface area contributed by atoms with Gasteiger partial charge < -0.3 is 0 Å². The Morgan fingerprint density at radius 3 is 2.33 bits per heavy atom. The summed E-state index contributed by atoms with van der Waals surface area (Å²) in [5.74, 6) is 0.574. The van der Waals surface area contributed by atoms with E-state index in [1.165, 1.54) is 32.1 Å². The number of carbonyl (C=O) groups is 1. The first-order valence-corrected chi connectivity index (χ1v) is 6.42. The largest absolute Gasteiger partial charge is 0.298 e. The average Bonchev–Trinajstić information content (AvgIpc) is 2.26. The molecule has 2 heteroatoms. The molecule has 0 amide bonds. The Balaban J connectivity index is 2.43. The van der Waals surface area contributed by atoms with Crippen molar-refractivity contribution in [1.29, 1.82) is 0 Å². The molecule has 1 aliphatic carbocycles. The molecule has 1 rings (SSSR count). The standard InChI is InChI=1S/C13H25NO/c1-4-14(10-13(15)11(2)3)12-8-6-5-7-9-12/h11-12H,4-10H2,1-3H3. The predicted molar refractivity (Wildman–Crippen MR) is 64.0 cm³/mol. The fraction of sp³-hybridized carbons (Fsp3) is 0.923. The molecule has 88 valence electrons. The summed E-state index contributed by atoms with van der Waals surface area (Å²) in [6, 6.07) is 0.673. The summed E-state index contributed by atoms with van der Waals surface area (Å²) in [6.07, 6.45) is 6.65. The van der Waals surface area contributed by atoms with Crippen LogP contribution in [0, 0.1) is 5.92 Å². The van der Waals surface area contributed by atoms with Gasteiger partial charge in [-0.25, -0.2) is 0 Å². The highest BCUT2D eigenvalue weighted by molar-refractivity contribution is 5.82. The number of carbonyl (C=O) groups excluding carboxylic acids is 1. The average molecular weight is 211 g/mol. The first kappa shape index (κ1) is 12.7. The lowest BCUT2D eigenvalue weighted by atomic mass is 9.93. The number of rotatable bonds is 5. The van der Waals surface area contributed by atoms with Crippen LogP contribution in [0.1, 0.15) is 52.9 Å². The molecule has 0 aromatic carbocycles. The molecule has 1 aliphatic rings. The third kappa shape index (κ3) is 3.94. The van der Waals surface area contributed by atoms with Crippen LogP contribution in [0.3, 0.4) is 0 Å². The van der Waals surface area contributed by atoms with Crippen LogP contribution in [-0.2, 0) is 4.79 Å². The fourth-order valence-corrected chi connectivity index (χ4v) is 2.33. The van der Waals surface area contributed by atoms with Crippen LogP contribution in [0.15, 0.2) is 0 Å². The third-order valence-electron chi connectivity index (χ3n) is 3.50. The quantitative estimate of drug-likeness (QED) is 0.697. The van der Waals surface area contributed by atoms with Crippen molar-refractivity contribution in [2.24, 2.45) is 5.92 Å². The first-order valence-electron chi connectivity index (χ1n) is 6.42. The minimum Gasteiger partial charge on any atom is -0.298 e. The van der Waals surface area contributed by atoms with Gasteiger partial charge in [-0.05, 0) is 19.4 Å². The van der Waals surface area contributed by atoms with E-state index in [4.69, 9.17) is 0 Å². The molecule has 0 heterocycles. The zero-order valence-corrected chi connectivity index (χ0v) is 10.5. The maximum absolute atomic E-state index is 11.7. The smallest absolute Gasteiger partial charge is 0.149 e. The van der Waals surface area contributed by atoms with Gasteiger partial charge in [0.1, 0.15) is 5.78 Å². The van der Waals surface area contributed by atoms with Gasteiger partial charge in [0.25, 0.3) is 0 Å². The van der Waals surface area contributed by atoms with E-state index >= 15 is 0 Å². The van der Waals surface area contributed by atoms with Crippen LogP contribution in [0.25, 0.3) is 0 Å². The van der Waals surface area contributed by atoms with Crippen molar-refractivity contribution < 1.29 is 4.79 Å². The van der Waals surface area contributed by atoms with Gasteiger partial charge in [0.05, 0.1) is 6.54 Å². The molecule has 0 spiro atoms. The van der Waals surface area contributed by atoms with Crippen LogP contribution in [0.5, 0.6) is 0 Å². The molecular formula is C13H25NO. The van der Waals surface area contributed by atoms with Crippen LogP contribution in [0.4, 0.5) is 0 Å². The summed E-state index contributed by atoms with van der Waals surface area (Å²) < 4.78 is 0. The Morgan fingerprint density at radius 2 is 1.87 bits per heavy atom. The van der Waals surface area contributed by atoms with E-state index in [-0.39, 0.29) is 5.92 Å². The lowest BCUT2D eigenvalue weighted by Crippen LogP contribution is -2.41. The van der Waals surface area contributed by atoms with Gasteiger partial charge in [-0.2, -0.15) is 0 Å². The summed E-state index contributed by atoms with van der Waals surface area (Å²) in [4.78, 5) is 14.1. The van der Waals surface area contributed by atoms with Crippen molar-refractivity contribution in [2.75, 3.05) is 13.1 Å². The van der Waals surface area contributed by atoms with Gasteiger partial charge >= 0.3 is 0 Å². The molecule has 0 bridgehead atoms. The van der Waals surface area contributed by atoms with Gasteiger partial charge in [-0.15, -0.1) is 0 Å². The highest BCUT2D eigenvalue weighted by atomic mass is 16.1. The Hall–Kier alpha value is -0.370. The summed E-state index contributed by atoms with van der Waals surface area (Å²) in [5, 5.41) is 0. The van der Waals surface area contributed by atoms with Crippen molar-refractivity contribution in [1.82, 2.24) is 4.90 Å². The molecule has 15 heavy (non-hydrogen) atoms. The second-order valence-electron chi connectivity index (χ2n) is 4.98. The zero-order valence-electron chi connectivity index (χ0n) is 10.5. The van der Waals surface area contributed by atoms with E-state index in [1.54, 1.807) is 0 Å². The van der Waals surface area contributed by atoms with Crippen LogP contribution in [0.2, 0.25) is 0 Å². The molecule has 0 aromatic rings. The van der Waals surface area contributed by atoms with Crippen LogP contribution >= 0.6 is 0 Å². The van der Waals surface area contributed by atoms with E-state index < -0.39 is 0 Å². The van der Waals surface area contributed by atoms with Crippen molar-refractivity contribution in [3.63, 3.8) is 0 Å². The topological polar surface area (TPSA) is 20.3 Å². The van der Waals surface area contributed by atoms with Gasteiger partial charge in [-0.1, -0.05) is 40.0 Å². The molecule has 0 aromatic heterocycles. The van der Waals surface area contributed by atoms with Crippen molar-refractivity contribution in [3.05, 3.63) is 0 Å². The molecule has 0 N–H and O–H groups in total. The number of ketones is 1. The monoisotopic (exact) mass is 211 g/mol. The van der Waals surface area contributed by atoms with E-state index in [1.807, 2.05) is 13.8 Å². The third-order valence-corrected chi connectivity index (χ3v) is 3.50. The highest BCUT2D eigenvalue weighted by Gasteiger charge is 2.22. The van der Waals surface area contributed by atoms with E-state index in [0.717, 1.165) is 6.54 Å². The second-order valence-corrected chi connectivity index (χ2v) is 4.98. The zero-order chi connectivity index (χ0) is 11.3. The molecule has 1 saturated carbocycles. The number of hydrogen-bond acceptors (Lipinski definition) is 2. The molecule has 0 saturated heterocycles. The minimum atomic E-state index is 0.183. The van der Waals surface area contributed by atoms with Crippen molar-refractivity contribution in [3.8, 4) is 0 Å². The number of likely N-dealkylation sites (N-methyl/N-ethyl adjacent to an activating group) is 1. The molecule has 1 fully saturated rings. The van der Waals surface area contributed by atoms with E-state index in [9.17, 15) is 4.79 Å². The maximum Gasteiger partial charge on any atom is 0.149 e. The first-order chi connectivity index (χ1) is 7.15. The van der Waals surface area contributed by atoms with Crippen molar-refractivity contribution >= 4 is 5.78 Å². The lowest BCUT2D eigenvalue weighted by molar-refractivity contribution is -0.123. The Kier molecular flexibility index (Phi) is 5.30. The van der Waals surface area contributed by atoms with E-state index in [2.05, 4.69) is 11.8 Å². The SMILES string of the molecule is CCN(CC(=O)C(C)C)C1CCCCC1. The molecular weight excluding hydrogens is 186 g/mol. The van der Waals surface area contributed by atoms with Crippen LogP contribution < -0.4 is 0 Å². The summed E-state index contributed by atoms with van der Waals surface area (Å²) >= 11 is 0. The van der Waals surface area contributed by atoms with Gasteiger partial charge in [0.15, 0.2) is 0 Å². The Bertz CT molecular complexity index is 195. The Morgan fingerprint density at radius 1 is 1.27 bits per heavy atom. The number of Topliss-reactive ketones (excluding diaryl/α,β-unsaturated/α-hetero) is 1. The number of nitrogens with zero attached hydrogens (tertiary/aromatic N) is 1. The highest BCUT2D eigenvalue weighted by Crippen LogP contribution is 2.22. The van der Waals surface area contributed by atoms with Crippen LogP contribution in [-0.4, -0.2) is 29.8 Å². The summed E-state index contributed by atoms with van der Waals surface area (Å²) in [5.41, 5.74) is 0. The van der Waals surface area contributed by atoms with Gasteiger partial charge in [0.2, 0.25) is 0 Å². The number of hydrogen-bond donors (Lipinski definition) is 0. The molecule has 0 radical (unpaired) electrons. The van der Waals surface area contributed by atoms with Gasteiger partial charge in [0, 0.05) is 12.0 Å². The van der Waals surface area contributed by atoms with Crippen molar-refractivity contribution in [2.45, 2.75) is 58.9 Å².